The van der Waals surface area contributed by atoms with Crippen LogP contribution in [-0.4, -0.2) is 5.33 Å². The molecule has 0 atom stereocenters. The Morgan fingerprint density at radius 1 is 0.706 bits per heavy atom. The van der Waals surface area contributed by atoms with Crippen molar-refractivity contribution < 1.29 is 0 Å². The molecule has 1 aromatic rings. The van der Waals surface area contributed by atoms with E-state index in [0.717, 1.165) is 5.33 Å². The van der Waals surface area contributed by atoms with Gasteiger partial charge < -0.3 is 0 Å². The van der Waals surface area contributed by atoms with Crippen LogP contribution in [-0.2, 0) is 6.42 Å². The van der Waals surface area contributed by atoms with E-state index in [1.54, 1.807) is 0 Å². The minimum atomic E-state index is 1.16. The molecule has 0 N–H and O–H groups in total. The number of alkyl halides is 1. The van der Waals surface area contributed by atoms with Crippen molar-refractivity contribution in [1.29, 1.82) is 0 Å². The molecule has 0 unspecified atom stereocenters. The van der Waals surface area contributed by atoms with Gasteiger partial charge in [0.1, 0.15) is 0 Å². The molecule has 1 rings (SSSR count). The molecule has 0 aliphatic heterocycles. The number of unbranched alkanes of at least 4 members (excludes halogenated alkanes) is 6. The van der Waals surface area contributed by atoms with Crippen molar-refractivity contribution in [3.8, 4) is 0 Å². The van der Waals surface area contributed by atoms with Gasteiger partial charge in [0.2, 0.25) is 0 Å². The molecule has 2 heteroatoms. The van der Waals surface area contributed by atoms with E-state index in [9.17, 15) is 0 Å². The molecule has 0 spiro atoms. The maximum Gasteiger partial charge on any atom is 0.0175 e. The van der Waals surface area contributed by atoms with Crippen molar-refractivity contribution in [1.82, 2.24) is 0 Å². The maximum absolute atomic E-state index is 3.47. The van der Waals surface area contributed by atoms with Crippen LogP contribution in [0.5, 0.6) is 0 Å². The second-order valence-corrected chi connectivity index (χ2v) is 6.25. The Bertz CT molecular complexity index is 279. The molecule has 96 valence electrons. The lowest BCUT2D eigenvalue weighted by Gasteiger charge is -2.02. The first kappa shape index (κ1) is 15.2. The van der Waals surface area contributed by atoms with Crippen LogP contribution in [0.15, 0.2) is 28.7 Å². The lowest BCUT2D eigenvalue weighted by atomic mass is 10.0. The lowest BCUT2D eigenvalue weighted by molar-refractivity contribution is 0.591. The molecule has 0 amide bonds. The van der Waals surface area contributed by atoms with Crippen molar-refractivity contribution in [3.05, 3.63) is 34.3 Å². The molecule has 0 aliphatic rings. The Hall–Kier alpha value is 0.180. The summed E-state index contributed by atoms with van der Waals surface area (Å²) in [5.41, 5.74) is 1.47. The molecule has 0 saturated heterocycles. The van der Waals surface area contributed by atoms with Crippen molar-refractivity contribution in [2.45, 2.75) is 51.4 Å². The smallest absolute Gasteiger partial charge is 0.0175 e. The van der Waals surface area contributed by atoms with Crippen molar-refractivity contribution in [3.63, 3.8) is 0 Å². The molecule has 0 fully saturated rings. The highest BCUT2D eigenvalue weighted by atomic mass is 79.9. The summed E-state index contributed by atoms with van der Waals surface area (Å²) in [6, 6.07) is 8.71. The molecule has 0 nitrogen and oxygen atoms in total. The molecule has 0 heterocycles. The summed E-state index contributed by atoms with van der Waals surface area (Å²) in [6.45, 7) is 0. The monoisotopic (exact) mass is 360 g/mol. The third-order valence-electron chi connectivity index (χ3n) is 3.01. The zero-order chi connectivity index (χ0) is 12.3. The van der Waals surface area contributed by atoms with Gasteiger partial charge >= 0.3 is 0 Å². The SMILES string of the molecule is BrCCCCCCCCCc1ccc(Br)cc1. The minimum absolute atomic E-state index is 1.16. The molecule has 1 aromatic carbocycles. The summed E-state index contributed by atoms with van der Waals surface area (Å²) in [6.07, 6.45) is 10.9. The summed E-state index contributed by atoms with van der Waals surface area (Å²) >= 11 is 6.94. The van der Waals surface area contributed by atoms with Crippen LogP contribution in [0.2, 0.25) is 0 Å². The average Bonchev–Trinajstić information content (AvgIpc) is 2.35. The van der Waals surface area contributed by atoms with Gasteiger partial charge in [0.05, 0.1) is 0 Å². The van der Waals surface area contributed by atoms with Gasteiger partial charge in [-0.1, -0.05) is 76.1 Å². The fourth-order valence-corrected chi connectivity index (χ4v) is 2.62. The lowest BCUT2D eigenvalue weighted by Crippen LogP contribution is -1.86. The topological polar surface area (TPSA) is 0 Å². The highest BCUT2D eigenvalue weighted by Crippen LogP contribution is 2.14. The molecule has 0 radical (unpaired) electrons. The van der Waals surface area contributed by atoms with E-state index in [4.69, 9.17) is 0 Å². The van der Waals surface area contributed by atoms with Gasteiger partial charge in [-0.15, -0.1) is 0 Å². The van der Waals surface area contributed by atoms with Gasteiger partial charge in [-0.25, -0.2) is 0 Å². The molecule has 0 saturated carbocycles. The number of benzene rings is 1. The second-order valence-electron chi connectivity index (χ2n) is 4.54. The minimum Gasteiger partial charge on any atom is -0.0928 e. The summed E-state index contributed by atoms with van der Waals surface area (Å²) in [4.78, 5) is 0. The van der Waals surface area contributed by atoms with Gasteiger partial charge in [-0.3, -0.25) is 0 Å². The number of halogens is 2. The summed E-state index contributed by atoms with van der Waals surface area (Å²) in [5.74, 6) is 0. The maximum atomic E-state index is 3.47. The van der Waals surface area contributed by atoms with Gasteiger partial charge in [-0.2, -0.15) is 0 Å². The van der Waals surface area contributed by atoms with Crippen LogP contribution in [0.25, 0.3) is 0 Å². The predicted molar refractivity (Wildman–Crippen MR) is 84.0 cm³/mol. The van der Waals surface area contributed by atoms with Gasteiger partial charge in [0, 0.05) is 9.80 Å². The highest BCUT2D eigenvalue weighted by Gasteiger charge is 1.94. The number of rotatable bonds is 9. The number of hydrogen-bond acceptors (Lipinski definition) is 0. The molecule has 0 aliphatic carbocycles. The normalized spacial score (nSPS) is 10.7. The predicted octanol–water partition coefficient (Wildman–Crippen LogP) is 6.12. The van der Waals surface area contributed by atoms with Crippen molar-refractivity contribution in [2.24, 2.45) is 0 Å². The third kappa shape index (κ3) is 7.99. The zero-order valence-electron chi connectivity index (χ0n) is 10.4. The Morgan fingerprint density at radius 3 is 1.82 bits per heavy atom. The van der Waals surface area contributed by atoms with Gasteiger partial charge in [0.25, 0.3) is 0 Å². The Kier molecular flexibility index (Phi) is 9.08. The fraction of sp³-hybridized carbons (Fsp3) is 0.600. The molecular formula is C15H22Br2. The standard InChI is InChI=1S/C15H22Br2/c16-13-7-5-3-1-2-4-6-8-14-9-11-15(17)12-10-14/h9-12H,1-8,13H2. The fourth-order valence-electron chi connectivity index (χ4n) is 1.96. The summed E-state index contributed by atoms with van der Waals surface area (Å²) in [5, 5.41) is 1.16. The molecule has 0 aromatic heterocycles. The molecule has 17 heavy (non-hydrogen) atoms. The average molecular weight is 362 g/mol. The van der Waals surface area contributed by atoms with Gasteiger partial charge in [-0.05, 0) is 37.0 Å². The van der Waals surface area contributed by atoms with Gasteiger partial charge in [0.15, 0.2) is 0 Å². The summed E-state index contributed by atoms with van der Waals surface area (Å²) < 4.78 is 1.17. The first-order chi connectivity index (χ1) is 8.33. The highest BCUT2D eigenvalue weighted by molar-refractivity contribution is 9.10. The van der Waals surface area contributed by atoms with Crippen LogP contribution in [0.4, 0.5) is 0 Å². The van der Waals surface area contributed by atoms with E-state index < -0.39 is 0 Å². The Balaban J connectivity index is 1.95. The first-order valence-electron chi connectivity index (χ1n) is 6.63. The van der Waals surface area contributed by atoms with E-state index in [1.807, 2.05) is 0 Å². The van der Waals surface area contributed by atoms with Crippen LogP contribution in [0.3, 0.4) is 0 Å². The molecule has 0 bridgehead atoms. The van der Waals surface area contributed by atoms with E-state index >= 15 is 0 Å². The first-order valence-corrected chi connectivity index (χ1v) is 8.55. The Labute approximate surface area is 122 Å². The number of hydrogen-bond donors (Lipinski definition) is 0. The van der Waals surface area contributed by atoms with Crippen molar-refractivity contribution in [2.75, 3.05) is 5.33 Å². The van der Waals surface area contributed by atoms with Crippen LogP contribution >= 0.6 is 31.9 Å². The van der Waals surface area contributed by atoms with Crippen LogP contribution in [0, 0.1) is 0 Å². The van der Waals surface area contributed by atoms with E-state index in [0.29, 0.717) is 0 Å². The summed E-state index contributed by atoms with van der Waals surface area (Å²) in [7, 11) is 0. The Morgan fingerprint density at radius 2 is 1.24 bits per heavy atom. The van der Waals surface area contributed by atoms with Crippen LogP contribution < -0.4 is 0 Å². The van der Waals surface area contributed by atoms with Crippen LogP contribution in [0.1, 0.15) is 50.5 Å². The third-order valence-corrected chi connectivity index (χ3v) is 4.10. The van der Waals surface area contributed by atoms with Crippen molar-refractivity contribution >= 4 is 31.9 Å². The molecular weight excluding hydrogens is 340 g/mol. The van der Waals surface area contributed by atoms with E-state index in [2.05, 4.69) is 56.1 Å². The zero-order valence-corrected chi connectivity index (χ0v) is 13.6. The quantitative estimate of drug-likeness (QED) is 0.367. The largest absolute Gasteiger partial charge is 0.0928 e. The van der Waals surface area contributed by atoms with E-state index in [-0.39, 0.29) is 0 Å². The number of aryl methyl sites for hydroxylation is 1. The van der Waals surface area contributed by atoms with E-state index in [1.165, 1.54) is 61.4 Å². The second kappa shape index (κ2) is 10.1.